The standard InChI is InChI=1S/C19H16N4O5/c1-21-15-10-22(12-3-2-4-13(9-12)23(27)28)18(25)16(15)17(20-19(21)26)11-5-7-14(24)8-6-11/h2-9,17,24H,10H2,1H3,(H,20,26)/t17-/m0/s1. The van der Waals surface area contributed by atoms with Crippen LogP contribution in [0.5, 0.6) is 5.75 Å². The number of nitro benzene ring substituents is 1. The third kappa shape index (κ3) is 2.73. The highest BCUT2D eigenvalue weighted by atomic mass is 16.6. The van der Waals surface area contributed by atoms with Crippen molar-refractivity contribution in [1.82, 2.24) is 10.2 Å². The van der Waals surface area contributed by atoms with Crippen molar-refractivity contribution in [1.29, 1.82) is 0 Å². The number of phenols is 1. The summed E-state index contributed by atoms with van der Waals surface area (Å²) in [7, 11) is 1.57. The fourth-order valence-corrected chi connectivity index (χ4v) is 3.47. The van der Waals surface area contributed by atoms with Crippen LogP contribution in [0, 0.1) is 10.1 Å². The quantitative estimate of drug-likeness (QED) is 0.626. The van der Waals surface area contributed by atoms with Gasteiger partial charge < -0.3 is 15.3 Å². The molecule has 1 atom stereocenters. The van der Waals surface area contributed by atoms with E-state index >= 15 is 0 Å². The predicted molar refractivity (Wildman–Crippen MR) is 99.6 cm³/mol. The lowest BCUT2D eigenvalue weighted by molar-refractivity contribution is -0.384. The van der Waals surface area contributed by atoms with E-state index < -0.39 is 11.0 Å². The number of likely N-dealkylation sites (N-methyl/N-ethyl adjacent to an activating group) is 1. The molecule has 28 heavy (non-hydrogen) atoms. The second-order valence-electron chi connectivity index (χ2n) is 6.56. The van der Waals surface area contributed by atoms with Gasteiger partial charge in [-0.25, -0.2) is 4.79 Å². The molecule has 0 fully saturated rings. The molecule has 0 aromatic heterocycles. The molecule has 2 N–H and O–H groups in total. The summed E-state index contributed by atoms with van der Waals surface area (Å²) in [6.07, 6.45) is 0. The summed E-state index contributed by atoms with van der Waals surface area (Å²) in [4.78, 5) is 38.9. The lowest BCUT2D eigenvalue weighted by atomic mass is 9.95. The molecule has 4 rings (SSSR count). The number of urea groups is 1. The van der Waals surface area contributed by atoms with Gasteiger partial charge in [0.05, 0.1) is 34.5 Å². The number of anilines is 1. The first kappa shape index (κ1) is 17.5. The number of nitrogens with zero attached hydrogens (tertiary/aromatic N) is 3. The van der Waals surface area contributed by atoms with Crippen molar-refractivity contribution in [2.45, 2.75) is 6.04 Å². The highest BCUT2D eigenvalue weighted by molar-refractivity contribution is 6.11. The first-order chi connectivity index (χ1) is 13.4. The zero-order valence-corrected chi connectivity index (χ0v) is 14.8. The highest BCUT2D eigenvalue weighted by Crippen LogP contribution is 2.38. The van der Waals surface area contributed by atoms with E-state index in [-0.39, 0.29) is 29.9 Å². The van der Waals surface area contributed by atoms with Gasteiger partial charge in [-0.1, -0.05) is 18.2 Å². The number of carbonyl (C=O) groups is 2. The van der Waals surface area contributed by atoms with Gasteiger partial charge in [-0.15, -0.1) is 0 Å². The molecule has 9 nitrogen and oxygen atoms in total. The van der Waals surface area contributed by atoms with Crippen molar-refractivity contribution in [3.63, 3.8) is 0 Å². The van der Waals surface area contributed by atoms with E-state index in [2.05, 4.69) is 5.32 Å². The van der Waals surface area contributed by atoms with Gasteiger partial charge >= 0.3 is 6.03 Å². The van der Waals surface area contributed by atoms with Gasteiger partial charge in [0, 0.05) is 19.2 Å². The van der Waals surface area contributed by atoms with Crippen LogP contribution in [0.15, 0.2) is 59.8 Å². The number of phenolic OH excluding ortho intramolecular Hbond substituents is 1. The van der Waals surface area contributed by atoms with Crippen LogP contribution in [0.4, 0.5) is 16.2 Å². The van der Waals surface area contributed by atoms with E-state index in [0.717, 1.165) is 0 Å². The lowest BCUT2D eigenvalue weighted by Gasteiger charge is -2.31. The Balaban J connectivity index is 1.75. The molecule has 9 heteroatoms. The molecule has 0 saturated carbocycles. The Morgan fingerprint density at radius 1 is 1.18 bits per heavy atom. The third-order valence-corrected chi connectivity index (χ3v) is 4.94. The second-order valence-corrected chi connectivity index (χ2v) is 6.56. The topological polar surface area (TPSA) is 116 Å². The minimum Gasteiger partial charge on any atom is -0.508 e. The summed E-state index contributed by atoms with van der Waals surface area (Å²) in [6.45, 7) is 0.133. The molecular formula is C19H16N4O5. The van der Waals surface area contributed by atoms with E-state index in [1.807, 2.05) is 0 Å². The summed E-state index contributed by atoms with van der Waals surface area (Å²) in [6, 6.07) is 11.0. The zero-order chi connectivity index (χ0) is 20.0. The maximum absolute atomic E-state index is 13.2. The van der Waals surface area contributed by atoms with E-state index in [4.69, 9.17) is 0 Å². The molecule has 0 radical (unpaired) electrons. The molecule has 0 saturated heterocycles. The summed E-state index contributed by atoms with van der Waals surface area (Å²) < 4.78 is 0. The first-order valence-electron chi connectivity index (χ1n) is 8.49. The number of non-ortho nitro benzene ring substituents is 1. The molecular weight excluding hydrogens is 364 g/mol. The van der Waals surface area contributed by atoms with Crippen LogP contribution in [0.3, 0.4) is 0 Å². The lowest BCUT2D eigenvalue weighted by Crippen LogP contribution is -2.45. The fourth-order valence-electron chi connectivity index (χ4n) is 3.47. The van der Waals surface area contributed by atoms with E-state index in [9.17, 15) is 24.8 Å². The number of carbonyl (C=O) groups excluding carboxylic acids is 2. The average molecular weight is 380 g/mol. The van der Waals surface area contributed by atoms with Crippen LogP contribution in [0.2, 0.25) is 0 Å². The van der Waals surface area contributed by atoms with Crippen molar-refractivity contribution < 1.29 is 19.6 Å². The molecule has 2 aromatic carbocycles. The van der Waals surface area contributed by atoms with Gasteiger partial charge in [-0.2, -0.15) is 0 Å². The number of rotatable bonds is 3. The van der Waals surface area contributed by atoms with Crippen LogP contribution in [0.1, 0.15) is 11.6 Å². The summed E-state index contributed by atoms with van der Waals surface area (Å²) in [5, 5.41) is 23.4. The van der Waals surface area contributed by atoms with Gasteiger partial charge in [-0.3, -0.25) is 19.8 Å². The normalized spacial score (nSPS) is 19.0. The Kier molecular flexibility index (Phi) is 3.99. The molecule has 2 aliphatic rings. The summed E-state index contributed by atoms with van der Waals surface area (Å²) in [5.41, 5.74) is 1.87. The number of aromatic hydroxyl groups is 1. The minimum atomic E-state index is -0.671. The second kappa shape index (κ2) is 6.38. The van der Waals surface area contributed by atoms with Crippen molar-refractivity contribution in [3.05, 3.63) is 75.5 Å². The zero-order valence-electron chi connectivity index (χ0n) is 14.8. The number of nitrogens with one attached hydrogen (secondary N) is 1. The maximum atomic E-state index is 13.2. The van der Waals surface area contributed by atoms with Gasteiger partial charge in [0.1, 0.15) is 5.75 Å². The first-order valence-corrected chi connectivity index (χ1v) is 8.49. The van der Waals surface area contributed by atoms with Gasteiger partial charge in [0.15, 0.2) is 0 Å². The Labute approximate surface area is 159 Å². The van der Waals surface area contributed by atoms with Crippen molar-refractivity contribution >= 4 is 23.3 Å². The number of benzene rings is 2. The van der Waals surface area contributed by atoms with Crippen molar-refractivity contribution in [3.8, 4) is 5.75 Å². The van der Waals surface area contributed by atoms with Crippen molar-refractivity contribution in [2.24, 2.45) is 0 Å². The van der Waals surface area contributed by atoms with E-state index in [1.54, 1.807) is 25.2 Å². The van der Waals surface area contributed by atoms with Gasteiger partial charge in [0.25, 0.3) is 11.6 Å². The number of amides is 3. The smallest absolute Gasteiger partial charge is 0.322 e. The van der Waals surface area contributed by atoms with E-state index in [1.165, 1.54) is 40.1 Å². The Hall–Kier alpha value is -3.88. The van der Waals surface area contributed by atoms with Crippen LogP contribution in [-0.2, 0) is 4.79 Å². The average Bonchev–Trinajstić information content (AvgIpc) is 3.03. The summed E-state index contributed by atoms with van der Waals surface area (Å²) in [5.74, 6) is -0.256. The molecule has 0 spiro atoms. The number of hydrogen-bond donors (Lipinski definition) is 2. The molecule has 2 aliphatic heterocycles. The van der Waals surface area contributed by atoms with E-state index in [0.29, 0.717) is 22.5 Å². The fraction of sp³-hybridized carbons (Fsp3) is 0.158. The molecule has 2 heterocycles. The predicted octanol–water partition coefficient (Wildman–Crippen LogP) is 2.30. The Bertz CT molecular complexity index is 1030. The van der Waals surface area contributed by atoms with Crippen LogP contribution >= 0.6 is 0 Å². The van der Waals surface area contributed by atoms with Gasteiger partial charge in [0.2, 0.25) is 0 Å². The molecule has 0 aliphatic carbocycles. The summed E-state index contributed by atoms with van der Waals surface area (Å²) >= 11 is 0. The molecule has 3 amide bonds. The monoisotopic (exact) mass is 380 g/mol. The van der Waals surface area contributed by atoms with Crippen molar-refractivity contribution in [2.75, 3.05) is 18.5 Å². The number of nitro groups is 1. The SMILES string of the molecule is CN1C(=O)N[C@@H](c2ccc(O)cc2)C2=C1CN(c1cccc([N+](=O)[O-])c1)C2=O. The molecule has 142 valence electrons. The third-order valence-electron chi connectivity index (χ3n) is 4.94. The highest BCUT2D eigenvalue weighted by Gasteiger charge is 2.43. The molecule has 0 bridgehead atoms. The minimum absolute atomic E-state index is 0.0770. The molecule has 0 unspecified atom stereocenters. The van der Waals surface area contributed by atoms with Crippen LogP contribution in [0.25, 0.3) is 0 Å². The Morgan fingerprint density at radius 2 is 1.89 bits per heavy atom. The largest absolute Gasteiger partial charge is 0.508 e. The maximum Gasteiger partial charge on any atom is 0.322 e. The van der Waals surface area contributed by atoms with Crippen LogP contribution < -0.4 is 10.2 Å². The van der Waals surface area contributed by atoms with Gasteiger partial charge in [-0.05, 0) is 23.8 Å². The number of hydrogen-bond acceptors (Lipinski definition) is 5. The Morgan fingerprint density at radius 3 is 2.57 bits per heavy atom. The molecule has 2 aromatic rings. The van der Waals surface area contributed by atoms with Crippen LogP contribution in [-0.4, -0.2) is 40.5 Å².